The first-order valence-electron chi connectivity index (χ1n) is 20.0. The summed E-state index contributed by atoms with van der Waals surface area (Å²) in [5.74, 6) is -0.384. The number of rotatable bonds is 12. The SMILES string of the molecule is C=CC(C)(C(=O)OC)C(C)[N-]C(=C\CC)/C(=C1/C=CC(C(/c2ccc(I)cc2)=c2/cc/c(=C(/C3=NC(=C)C=C3)c3c(C)cc(C)cc3C)[n-]2)=N1)c1c(C)cc(C)cc1C.[CH3-].[Zn]. The van der Waals surface area contributed by atoms with E-state index in [4.69, 9.17) is 25.0 Å². The van der Waals surface area contributed by atoms with Crippen LogP contribution in [-0.2, 0) is 29.0 Å². The van der Waals surface area contributed by atoms with E-state index in [-0.39, 0.29) is 32.9 Å². The van der Waals surface area contributed by atoms with Crippen LogP contribution in [-0.4, -0.2) is 30.5 Å². The van der Waals surface area contributed by atoms with Crippen molar-refractivity contribution < 1.29 is 29.0 Å². The zero-order valence-corrected chi connectivity index (χ0v) is 42.8. The van der Waals surface area contributed by atoms with Crippen LogP contribution in [0.2, 0.25) is 0 Å². The maximum Gasteiger partial charge on any atom is 0.314 e. The van der Waals surface area contributed by atoms with E-state index in [2.05, 4.69) is 163 Å². The molecule has 0 saturated heterocycles. The van der Waals surface area contributed by atoms with Crippen molar-refractivity contribution in [3.8, 4) is 0 Å². The summed E-state index contributed by atoms with van der Waals surface area (Å²) >= 11 is 2.34. The number of benzene rings is 3. The molecule has 3 heterocycles. The summed E-state index contributed by atoms with van der Waals surface area (Å²) in [6.45, 7) is 26.8. The Morgan fingerprint density at radius 3 is 1.87 bits per heavy atom. The van der Waals surface area contributed by atoms with E-state index >= 15 is 0 Å². The number of hydrogen-bond acceptors (Lipinski definition) is 4. The van der Waals surface area contributed by atoms with E-state index in [0.717, 1.165) is 93.7 Å². The van der Waals surface area contributed by atoms with E-state index in [9.17, 15) is 4.79 Å². The number of allylic oxidation sites excluding steroid dienone is 6. The van der Waals surface area contributed by atoms with Crippen LogP contribution >= 0.6 is 22.6 Å². The first-order valence-corrected chi connectivity index (χ1v) is 21.1. The van der Waals surface area contributed by atoms with Gasteiger partial charge in [0.25, 0.3) is 0 Å². The molecule has 1 aromatic heterocycles. The van der Waals surface area contributed by atoms with Gasteiger partial charge in [0.05, 0.1) is 35.3 Å². The van der Waals surface area contributed by atoms with Gasteiger partial charge >= 0.3 is 5.97 Å². The van der Waals surface area contributed by atoms with Gasteiger partial charge in [-0.1, -0.05) is 92.2 Å². The summed E-state index contributed by atoms with van der Waals surface area (Å²) < 4.78 is 6.36. The molecule has 4 aromatic rings. The molecule has 0 spiro atoms. The third-order valence-corrected chi connectivity index (χ3v) is 11.9. The molecule has 2 aliphatic rings. The van der Waals surface area contributed by atoms with Crippen LogP contribution < -0.4 is 15.7 Å². The molecule has 2 aliphatic heterocycles. The summed E-state index contributed by atoms with van der Waals surface area (Å²) in [6.07, 6.45) is 12.6. The molecule has 0 bridgehead atoms. The molecular formula is C53H56IN4O2Zn-3. The Hall–Kier alpha value is -4.92. The second-order valence-electron chi connectivity index (χ2n) is 15.7. The molecule has 2 atom stereocenters. The fraction of sp³-hybridized carbons (Fsp3) is 0.245. The Labute approximate surface area is 389 Å². The number of aromatic nitrogens is 1. The van der Waals surface area contributed by atoms with Crippen LogP contribution in [0.5, 0.6) is 0 Å². The first-order chi connectivity index (χ1) is 28.1. The summed E-state index contributed by atoms with van der Waals surface area (Å²) in [5.41, 5.74) is 15.8. The summed E-state index contributed by atoms with van der Waals surface area (Å²) in [7, 11) is 1.40. The van der Waals surface area contributed by atoms with Crippen molar-refractivity contribution in [3.63, 3.8) is 0 Å². The smallest absolute Gasteiger partial charge is 0.314 e. The van der Waals surface area contributed by atoms with Crippen molar-refractivity contribution in [3.05, 3.63) is 204 Å². The summed E-state index contributed by atoms with van der Waals surface area (Å²) in [5, 5.41) is 6.93. The molecule has 0 N–H and O–H groups in total. The van der Waals surface area contributed by atoms with Crippen molar-refractivity contribution in [2.24, 2.45) is 15.4 Å². The molecule has 0 fully saturated rings. The second-order valence-corrected chi connectivity index (χ2v) is 17.0. The third-order valence-electron chi connectivity index (χ3n) is 11.1. The molecule has 61 heavy (non-hydrogen) atoms. The normalized spacial score (nSPS) is 16.7. The van der Waals surface area contributed by atoms with Gasteiger partial charge in [-0.05, 0) is 170 Å². The van der Waals surface area contributed by atoms with Crippen LogP contribution in [0.3, 0.4) is 0 Å². The van der Waals surface area contributed by atoms with Crippen molar-refractivity contribution >= 4 is 56.7 Å². The number of carbonyl (C=O) groups is 1. The maximum atomic E-state index is 13.1. The summed E-state index contributed by atoms with van der Waals surface area (Å²) in [4.78, 5) is 28.8. The van der Waals surface area contributed by atoms with Gasteiger partial charge in [0.1, 0.15) is 0 Å². The third kappa shape index (κ3) is 10.1. The van der Waals surface area contributed by atoms with E-state index in [1.54, 1.807) is 6.08 Å². The Morgan fingerprint density at radius 1 is 0.836 bits per heavy atom. The Morgan fingerprint density at radius 2 is 1.36 bits per heavy atom. The standard InChI is InChI=1S/C52H53IN4O2.CH3.Zn/c1-13-15-40(55-37(10)52(11,14-2)51(58)59-12)49(46-32(5)26-30(3)27-33(46)6)44-24-22-41(56-44)48(38-17-19-39(53)20-18-38)42-23-25-45(57-42)50(43-21-16-36(9)54-43)47-34(7)28-31(4)29-35(47)8;;/h14-29,37H,2,9,13H2,1,3-8,10-12H3;1H3;/q-2;-1;/b40-15-,49-44+;;. The fourth-order valence-corrected chi connectivity index (χ4v) is 8.55. The topological polar surface area (TPSA) is 79.2 Å². The number of aliphatic imine (C=N–C) groups is 2. The number of ether oxygens (including phenoxy) is 1. The molecule has 2 unspecified atom stereocenters. The average molecular weight is 973 g/mol. The average Bonchev–Trinajstić information content (AvgIpc) is 3.97. The minimum atomic E-state index is -1.04. The van der Waals surface area contributed by atoms with Crippen molar-refractivity contribution in [2.75, 3.05) is 7.11 Å². The van der Waals surface area contributed by atoms with Crippen LogP contribution in [0.4, 0.5) is 0 Å². The van der Waals surface area contributed by atoms with Crippen molar-refractivity contribution in [1.29, 1.82) is 0 Å². The number of esters is 1. The number of nitrogens with zero attached hydrogens (tertiary/aromatic N) is 4. The zero-order chi connectivity index (χ0) is 42.8. The second kappa shape index (κ2) is 20.3. The van der Waals surface area contributed by atoms with Crippen LogP contribution in [0, 0.1) is 58.0 Å². The molecule has 8 heteroatoms. The number of aryl methyl sites for hydroxylation is 6. The Kier molecular flexibility index (Phi) is 16.2. The predicted octanol–water partition coefficient (Wildman–Crippen LogP) is 11.3. The molecule has 0 amide bonds. The number of carbonyl (C=O) groups excluding carboxylic acids is 1. The van der Waals surface area contributed by atoms with E-state index in [1.165, 1.54) is 29.4 Å². The molecule has 6 rings (SSSR count). The fourth-order valence-electron chi connectivity index (χ4n) is 8.19. The minimum Gasteiger partial charge on any atom is -0.680 e. The van der Waals surface area contributed by atoms with Gasteiger partial charge in [-0.25, -0.2) is 9.98 Å². The molecule has 0 saturated carbocycles. The molecule has 312 valence electrons. The Bertz CT molecular complexity index is 2660. The van der Waals surface area contributed by atoms with Gasteiger partial charge in [0.2, 0.25) is 0 Å². The number of methoxy groups -OCH3 is 1. The zero-order valence-electron chi connectivity index (χ0n) is 37.6. The minimum absolute atomic E-state index is 0. The Balaban J connectivity index is 0.00000410. The molecule has 6 nitrogen and oxygen atoms in total. The van der Waals surface area contributed by atoms with Gasteiger partial charge in [-0.15, -0.1) is 29.0 Å². The monoisotopic (exact) mass is 971 g/mol. The van der Waals surface area contributed by atoms with E-state index < -0.39 is 11.5 Å². The van der Waals surface area contributed by atoms with Gasteiger partial charge in [-0.2, -0.15) is 0 Å². The van der Waals surface area contributed by atoms with Crippen LogP contribution in [0.15, 0.2) is 137 Å². The van der Waals surface area contributed by atoms with Gasteiger partial charge in [-0.3, -0.25) is 4.79 Å². The molecular weight excluding hydrogens is 917 g/mol. The first kappa shape index (κ1) is 48.7. The summed E-state index contributed by atoms with van der Waals surface area (Å²) in [6, 6.07) is 21.0. The number of hydrogen-bond donors (Lipinski definition) is 0. The maximum absolute atomic E-state index is 13.1. The van der Waals surface area contributed by atoms with Gasteiger partial charge in [0.15, 0.2) is 0 Å². The van der Waals surface area contributed by atoms with E-state index in [0.29, 0.717) is 0 Å². The van der Waals surface area contributed by atoms with Crippen molar-refractivity contribution in [2.45, 2.75) is 74.8 Å². The largest absolute Gasteiger partial charge is 0.680 e. The van der Waals surface area contributed by atoms with Gasteiger partial charge in [0, 0.05) is 23.0 Å². The van der Waals surface area contributed by atoms with Crippen LogP contribution in [0.25, 0.3) is 22.0 Å². The van der Waals surface area contributed by atoms with Crippen LogP contribution in [0.1, 0.15) is 77.3 Å². The number of halogens is 1. The van der Waals surface area contributed by atoms with Crippen molar-refractivity contribution in [1.82, 2.24) is 4.98 Å². The molecule has 0 radical (unpaired) electrons. The van der Waals surface area contributed by atoms with Gasteiger partial charge < -0.3 is 22.5 Å². The van der Waals surface area contributed by atoms with E-state index in [1.807, 2.05) is 26.0 Å². The predicted molar refractivity (Wildman–Crippen MR) is 262 cm³/mol. The molecule has 0 aliphatic carbocycles. The molecule has 3 aromatic carbocycles. The quantitative estimate of drug-likeness (QED) is 0.0466.